The van der Waals surface area contributed by atoms with Crippen molar-refractivity contribution in [2.45, 2.75) is 20.0 Å². The van der Waals surface area contributed by atoms with E-state index in [1.54, 1.807) is 13.1 Å². The molecule has 1 heterocycles. The summed E-state index contributed by atoms with van der Waals surface area (Å²) in [5.74, 6) is 0.432. The Bertz CT molecular complexity index is 586. The fourth-order valence-electron chi connectivity index (χ4n) is 1.42. The smallest absolute Gasteiger partial charge is 0.266 e. The molecule has 0 unspecified atom stereocenters. The molecule has 0 aliphatic carbocycles. The van der Waals surface area contributed by atoms with E-state index in [2.05, 4.69) is 26.2 Å². The van der Waals surface area contributed by atoms with Gasteiger partial charge in [-0.2, -0.15) is 0 Å². The number of ether oxygens (including phenoxy) is 1. The van der Waals surface area contributed by atoms with E-state index in [0.717, 1.165) is 9.35 Å². The van der Waals surface area contributed by atoms with Gasteiger partial charge in [-0.1, -0.05) is 22.0 Å². The van der Waals surface area contributed by atoms with E-state index < -0.39 is 6.10 Å². The van der Waals surface area contributed by atoms with Crippen LogP contribution in [-0.4, -0.2) is 17.0 Å². The zero-order chi connectivity index (χ0) is 13.8. The molecule has 6 heteroatoms. The number of aromatic nitrogens is 1. The molecule has 4 nitrogen and oxygen atoms in total. The number of nitrogens with zero attached hydrogens (tertiary/aromatic N) is 1. The third-order valence-corrected chi connectivity index (χ3v) is 3.65. The Labute approximate surface area is 124 Å². The molecule has 0 saturated heterocycles. The van der Waals surface area contributed by atoms with E-state index >= 15 is 0 Å². The van der Waals surface area contributed by atoms with Crippen LogP contribution in [-0.2, 0) is 4.79 Å². The van der Waals surface area contributed by atoms with E-state index in [0.29, 0.717) is 10.9 Å². The lowest BCUT2D eigenvalue weighted by atomic mass is 10.3. The van der Waals surface area contributed by atoms with E-state index in [4.69, 9.17) is 4.74 Å². The fraction of sp³-hybridized carbons (Fsp3) is 0.231. The van der Waals surface area contributed by atoms with Crippen LogP contribution in [0.4, 0.5) is 5.13 Å². The van der Waals surface area contributed by atoms with Gasteiger partial charge in [0.25, 0.3) is 5.91 Å². The van der Waals surface area contributed by atoms with Crippen LogP contribution < -0.4 is 10.1 Å². The molecule has 2 aromatic rings. The summed E-state index contributed by atoms with van der Waals surface area (Å²) in [6.45, 7) is 3.64. The van der Waals surface area contributed by atoms with Gasteiger partial charge in [0.1, 0.15) is 5.75 Å². The molecule has 0 aliphatic rings. The minimum Gasteiger partial charge on any atom is -0.481 e. The van der Waals surface area contributed by atoms with Crippen molar-refractivity contribution in [2.24, 2.45) is 0 Å². The number of thiazole rings is 1. The first kappa shape index (κ1) is 14.0. The molecule has 1 amide bonds. The Balaban J connectivity index is 1.96. The number of nitrogens with one attached hydrogen (secondary N) is 1. The van der Waals surface area contributed by atoms with Crippen molar-refractivity contribution in [3.63, 3.8) is 0 Å². The molecule has 1 aromatic heterocycles. The molecule has 100 valence electrons. The van der Waals surface area contributed by atoms with Crippen LogP contribution in [0.2, 0.25) is 0 Å². The van der Waals surface area contributed by atoms with Gasteiger partial charge in [0.05, 0.1) is 0 Å². The second-order valence-corrected chi connectivity index (χ2v) is 6.13. The van der Waals surface area contributed by atoms with Crippen molar-refractivity contribution in [1.29, 1.82) is 0 Å². The second kappa shape index (κ2) is 6.16. The Morgan fingerprint density at radius 3 is 2.95 bits per heavy atom. The summed E-state index contributed by atoms with van der Waals surface area (Å²) in [7, 11) is 0. The maximum absolute atomic E-state index is 11.9. The summed E-state index contributed by atoms with van der Waals surface area (Å²) in [6, 6.07) is 7.38. The average molecular weight is 341 g/mol. The number of hydrogen-bond donors (Lipinski definition) is 1. The molecule has 2 rings (SSSR count). The third-order valence-electron chi connectivity index (χ3n) is 2.33. The highest BCUT2D eigenvalue weighted by Crippen LogP contribution is 2.20. The first-order valence-electron chi connectivity index (χ1n) is 5.70. The Morgan fingerprint density at radius 2 is 2.32 bits per heavy atom. The maximum Gasteiger partial charge on any atom is 0.266 e. The van der Waals surface area contributed by atoms with Crippen molar-refractivity contribution in [3.8, 4) is 5.75 Å². The Morgan fingerprint density at radius 1 is 1.53 bits per heavy atom. The highest BCUT2D eigenvalue weighted by atomic mass is 79.9. The summed E-state index contributed by atoms with van der Waals surface area (Å²) >= 11 is 4.79. The molecule has 0 saturated carbocycles. The molecule has 1 atom stereocenters. The van der Waals surface area contributed by atoms with Gasteiger partial charge < -0.3 is 4.74 Å². The summed E-state index contributed by atoms with van der Waals surface area (Å²) in [6.07, 6.45) is 1.14. The van der Waals surface area contributed by atoms with E-state index in [9.17, 15) is 4.79 Å². The monoisotopic (exact) mass is 340 g/mol. The van der Waals surface area contributed by atoms with Crippen LogP contribution >= 0.6 is 27.3 Å². The van der Waals surface area contributed by atoms with Gasteiger partial charge in [-0.25, -0.2) is 4.98 Å². The lowest BCUT2D eigenvalue weighted by Crippen LogP contribution is -2.30. The molecular weight excluding hydrogens is 328 g/mol. The SMILES string of the molecule is Cc1cnc(NC(=O)[C@H](C)Oc2cccc(Br)c2)s1. The number of carbonyl (C=O) groups is 1. The first-order chi connectivity index (χ1) is 9.04. The van der Waals surface area contributed by atoms with Gasteiger partial charge in [0.15, 0.2) is 11.2 Å². The topological polar surface area (TPSA) is 51.2 Å². The minimum atomic E-state index is -0.585. The summed E-state index contributed by atoms with van der Waals surface area (Å²) in [4.78, 5) is 17.1. The van der Waals surface area contributed by atoms with Gasteiger partial charge in [-0.05, 0) is 32.0 Å². The summed E-state index contributed by atoms with van der Waals surface area (Å²) < 4.78 is 6.48. The molecule has 19 heavy (non-hydrogen) atoms. The molecule has 0 spiro atoms. The highest BCUT2D eigenvalue weighted by molar-refractivity contribution is 9.10. The van der Waals surface area contributed by atoms with Crippen LogP contribution in [0, 0.1) is 6.92 Å². The lowest BCUT2D eigenvalue weighted by Gasteiger charge is -2.13. The van der Waals surface area contributed by atoms with Gasteiger partial charge in [0, 0.05) is 15.5 Å². The molecule has 0 radical (unpaired) electrons. The Kier molecular flexibility index (Phi) is 4.55. The first-order valence-corrected chi connectivity index (χ1v) is 7.31. The van der Waals surface area contributed by atoms with Crippen LogP contribution in [0.15, 0.2) is 34.9 Å². The standard InChI is InChI=1S/C13H13BrN2O2S/c1-8-7-15-13(19-8)16-12(17)9(2)18-11-5-3-4-10(14)6-11/h3-7,9H,1-2H3,(H,15,16,17)/t9-/m0/s1. The number of benzene rings is 1. The molecule has 1 aromatic carbocycles. The Hall–Kier alpha value is -1.40. The predicted molar refractivity (Wildman–Crippen MR) is 79.7 cm³/mol. The zero-order valence-corrected chi connectivity index (χ0v) is 12.9. The van der Waals surface area contributed by atoms with Crippen molar-refractivity contribution in [3.05, 3.63) is 39.8 Å². The lowest BCUT2D eigenvalue weighted by molar-refractivity contribution is -0.122. The van der Waals surface area contributed by atoms with Gasteiger partial charge >= 0.3 is 0 Å². The predicted octanol–water partition coefficient (Wildman–Crippen LogP) is 3.62. The number of aryl methyl sites for hydroxylation is 1. The number of hydrogen-bond acceptors (Lipinski definition) is 4. The minimum absolute atomic E-state index is 0.214. The number of carbonyl (C=O) groups excluding carboxylic acids is 1. The van der Waals surface area contributed by atoms with Crippen molar-refractivity contribution >= 4 is 38.3 Å². The third kappa shape index (κ3) is 4.04. The molecule has 0 bridgehead atoms. The largest absolute Gasteiger partial charge is 0.481 e. The number of amides is 1. The molecule has 0 aliphatic heterocycles. The average Bonchev–Trinajstić information content (AvgIpc) is 2.74. The summed E-state index contributed by atoms with van der Waals surface area (Å²) in [5, 5.41) is 3.32. The van der Waals surface area contributed by atoms with Crippen LogP contribution in [0.5, 0.6) is 5.75 Å². The van der Waals surface area contributed by atoms with Crippen molar-refractivity contribution < 1.29 is 9.53 Å². The van der Waals surface area contributed by atoms with Crippen LogP contribution in [0.1, 0.15) is 11.8 Å². The van der Waals surface area contributed by atoms with E-state index in [1.165, 1.54) is 11.3 Å². The van der Waals surface area contributed by atoms with Gasteiger partial charge in [-0.15, -0.1) is 11.3 Å². The fourth-order valence-corrected chi connectivity index (χ4v) is 2.46. The van der Waals surface area contributed by atoms with Crippen LogP contribution in [0.3, 0.4) is 0 Å². The maximum atomic E-state index is 11.9. The second-order valence-electron chi connectivity index (χ2n) is 3.98. The molecule has 0 fully saturated rings. The van der Waals surface area contributed by atoms with Gasteiger partial charge in [-0.3, -0.25) is 10.1 Å². The molecular formula is C13H13BrN2O2S. The number of rotatable bonds is 4. The van der Waals surface area contributed by atoms with Crippen molar-refractivity contribution in [2.75, 3.05) is 5.32 Å². The van der Waals surface area contributed by atoms with Gasteiger partial charge in [0.2, 0.25) is 0 Å². The normalized spacial score (nSPS) is 11.9. The van der Waals surface area contributed by atoms with E-state index in [-0.39, 0.29) is 5.91 Å². The van der Waals surface area contributed by atoms with E-state index in [1.807, 2.05) is 31.2 Å². The number of anilines is 1. The molecule has 1 N–H and O–H groups in total. The summed E-state index contributed by atoms with van der Waals surface area (Å²) in [5.41, 5.74) is 0. The number of halogens is 1. The van der Waals surface area contributed by atoms with Crippen molar-refractivity contribution in [1.82, 2.24) is 4.98 Å². The highest BCUT2D eigenvalue weighted by Gasteiger charge is 2.16. The zero-order valence-electron chi connectivity index (χ0n) is 10.5. The quantitative estimate of drug-likeness (QED) is 0.924. The van der Waals surface area contributed by atoms with Crippen LogP contribution in [0.25, 0.3) is 0 Å².